The Morgan fingerprint density at radius 3 is 2.79 bits per heavy atom. The average Bonchev–Trinajstić information content (AvgIpc) is 2.80. The number of furan rings is 1. The van der Waals surface area contributed by atoms with Gasteiger partial charge in [0, 0.05) is 5.39 Å². The zero-order valence-electron chi connectivity index (χ0n) is 9.59. The minimum atomic E-state index is -1.64. The second kappa shape index (κ2) is 5.41. The number of aliphatic hydroxyl groups is 1. The van der Waals surface area contributed by atoms with Crippen LogP contribution in [0.2, 0.25) is 0 Å². The second-order valence-corrected chi connectivity index (χ2v) is 4.69. The second-order valence-electron chi connectivity index (χ2n) is 3.83. The number of nitrogens with one attached hydrogen (secondary N) is 1. The van der Waals surface area contributed by atoms with Gasteiger partial charge in [-0.05, 0) is 28.1 Å². The lowest BCUT2D eigenvalue weighted by Gasteiger charge is -2.05. The molecule has 0 aliphatic rings. The van der Waals surface area contributed by atoms with Gasteiger partial charge in [0.05, 0.1) is 11.0 Å². The molecular formula is C12H10BrNO5. The van der Waals surface area contributed by atoms with Crippen molar-refractivity contribution in [1.82, 2.24) is 5.32 Å². The highest BCUT2D eigenvalue weighted by atomic mass is 79.9. The topological polar surface area (TPSA) is 99.8 Å². The number of benzene rings is 1. The SMILES string of the molecule is O=C(NCC(O)C(=O)O)c1cc2cccc(Br)c2o1. The van der Waals surface area contributed by atoms with E-state index in [4.69, 9.17) is 14.6 Å². The zero-order valence-corrected chi connectivity index (χ0v) is 11.2. The Labute approximate surface area is 116 Å². The summed E-state index contributed by atoms with van der Waals surface area (Å²) >= 11 is 3.30. The van der Waals surface area contributed by atoms with Crippen LogP contribution >= 0.6 is 15.9 Å². The molecule has 1 amide bonds. The highest BCUT2D eigenvalue weighted by molar-refractivity contribution is 9.10. The van der Waals surface area contributed by atoms with E-state index in [1.807, 2.05) is 0 Å². The number of aliphatic hydroxyl groups excluding tert-OH is 1. The molecule has 1 aromatic heterocycles. The highest BCUT2D eigenvalue weighted by Crippen LogP contribution is 2.26. The number of halogens is 1. The van der Waals surface area contributed by atoms with Crippen LogP contribution in [-0.4, -0.2) is 34.7 Å². The molecule has 3 N–H and O–H groups in total. The van der Waals surface area contributed by atoms with Crippen LogP contribution in [0, 0.1) is 0 Å². The average molecular weight is 328 g/mol. The van der Waals surface area contributed by atoms with Crippen molar-refractivity contribution in [2.24, 2.45) is 0 Å². The van der Waals surface area contributed by atoms with Crippen molar-refractivity contribution in [3.8, 4) is 0 Å². The number of aliphatic carboxylic acids is 1. The normalized spacial score (nSPS) is 12.3. The van der Waals surface area contributed by atoms with E-state index in [-0.39, 0.29) is 12.3 Å². The fourth-order valence-corrected chi connectivity index (χ4v) is 1.97. The number of carbonyl (C=O) groups excluding carboxylic acids is 1. The van der Waals surface area contributed by atoms with Crippen molar-refractivity contribution < 1.29 is 24.2 Å². The van der Waals surface area contributed by atoms with Gasteiger partial charge < -0.3 is 19.9 Å². The smallest absolute Gasteiger partial charge is 0.334 e. The number of carboxylic acids is 1. The molecule has 0 spiro atoms. The fraction of sp³-hybridized carbons (Fsp3) is 0.167. The molecule has 0 aliphatic carbocycles. The molecule has 6 nitrogen and oxygen atoms in total. The molecule has 1 aromatic carbocycles. The van der Waals surface area contributed by atoms with Gasteiger partial charge in [0.2, 0.25) is 0 Å². The van der Waals surface area contributed by atoms with Gasteiger partial charge in [-0.15, -0.1) is 0 Å². The van der Waals surface area contributed by atoms with Crippen LogP contribution in [-0.2, 0) is 4.79 Å². The summed E-state index contributed by atoms with van der Waals surface area (Å²) in [5.41, 5.74) is 0.534. The molecule has 100 valence electrons. The summed E-state index contributed by atoms with van der Waals surface area (Å²) in [6.45, 7) is -0.383. The molecule has 1 unspecified atom stereocenters. The van der Waals surface area contributed by atoms with Gasteiger partial charge in [-0.3, -0.25) is 4.79 Å². The Kier molecular flexibility index (Phi) is 3.87. The van der Waals surface area contributed by atoms with Gasteiger partial charge in [-0.25, -0.2) is 4.79 Å². The number of hydrogen-bond donors (Lipinski definition) is 3. The summed E-state index contributed by atoms with van der Waals surface area (Å²) in [5, 5.41) is 20.6. The number of carboxylic acid groups (broad SMARTS) is 1. The molecule has 1 heterocycles. The number of carbonyl (C=O) groups is 2. The van der Waals surface area contributed by atoms with E-state index >= 15 is 0 Å². The lowest BCUT2D eigenvalue weighted by Crippen LogP contribution is -2.36. The van der Waals surface area contributed by atoms with E-state index in [9.17, 15) is 9.59 Å². The summed E-state index contributed by atoms with van der Waals surface area (Å²) in [6, 6.07) is 6.91. The zero-order chi connectivity index (χ0) is 14.0. The Bertz CT molecular complexity index is 636. The van der Waals surface area contributed by atoms with Crippen molar-refractivity contribution in [2.45, 2.75) is 6.10 Å². The maximum absolute atomic E-state index is 11.7. The number of para-hydroxylation sites is 1. The third-order valence-electron chi connectivity index (χ3n) is 2.46. The molecule has 19 heavy (non-hydrogen) atoms. The van der Waals surface area contributed by atoms with E-state index in [0.717, 1.165) is 9.86 Å². The van der Waals surface area contributed by atoms with Crippen LogP contribution in [0.3, 0.4) is 0 Å². The van der Waals surface area contributed by atoms with Gasteiger partial charge in [0.15, 0.2) is 11.9 Å². The van der Waals surface area contributed by atoms with E-state index < -0.39 is 18.0 Å². The van der Waals surface area contributed by atoms with Crippen molar-refractivity contribution >= 4 is 38.8 Å². The molecule has 0 saturated heterocycles. The maximum Gasteiger partial charge on any atom is 0.334 e. The molecule has 0 radical (unpaired) electrons. The number of rotatable bonds is 4. The number of hydrogen-bond acceptors (Lipinski definition) is 4. The van der Waals surface area contributed by atoms with Gasteiger partial charge in [-0.2, -0.15) is 0 Å². The van der Waals surface area contributed by atoms with E-state index in [0.29, 0.717) is 5.58 Å². The van der Waals surface area contributed by atoms with Gasteiger partial charge in [0.1, 0.15) is 5.58 Å². The van der Waals surface area contributed by atoms with Crippen molar-refractivity contribution in [3.05, 3.63) is 34.5 Å². The molecule has 0 saturated carbocycles. The minimum Gasteiger partial charge on any atom is -0.479 e. The fourth-order valence-electron chi connectivity index (χ4n) is 1.50. The van der Waals surface area contributed by atoms with Gasteiger partial charge in [-0.1, -0.05) is 12.1 Å². The summed E-state index contributed by atoms with van der Waals surface area (Å²) in [4.78, 5) is 22.1. The monoisotopic (exact) mass is 327 g/mol. The molecule has 7 heteroatoms. The third-order valence-corrected chi connectivity index (χ3v) is 3.09. The molecule has 0 fully saturated rings. The highest BCUT2D eigenvalue weighted by Gasteiger charge is 2.17. The van der Waals surface area contributed by atoms with Gasteiger partial charge in [0.25, 0.3) is 5.91 Å². The van der Waals surface area contributed by atoms with Crippen LogP contribution in [0.5, 0.6) is 0 Å². The first-order valence-corrected chi connectivity index (χ1v) is 6.15. The van der Waals surface area contributed by atoms with E-state index in [1.54, 1.807) is 24.3 Å². The summed E-state index contributed by atoms with van der Waals surface area (Å²) in [7, 11) is 0. The lowest BCUT2D eigenvalue weighted by molar-refractivity contribution is -0.146. The predicted octanol–water partition coefficient (Wildman–Crippen LogP) is 1.37. The maximum atomic E-state index is 11.7. The first-order chi connectivity index (χ1) is 8.99. The standard InChI is InChI=1S/C12H10BrNO5/c13-7-3-1-2-6-4-9(19-10(6)7)11(16)14-5-8(15)12(17)18/h1-4,8,15H,5H2,(H,14,16)(H,17,18). The van der Waals surface area contributed by atoms with Crippen LogP contribution in [0.25, 0.3) is 11.0 Å². The summed E-state index contributed by atoms with van der Waals surface area (Å²) < 4.78 is 6.08. The Morgan fingerprint density at radius 2 is 2.16 bits per heavy atom. The molecule has 0 bridgehead atoms. The van der Waals surface area contributed by atoms with E-state index in [2.05, 4.69) is 21.2 Å². The molecule has 2 aromatic rings. The van der Waals surface area contributed by atoms with Crippen molar-refractivity contribution in [2.75, 3.05) is 6.54 Å². The minimum absolute atomic E-state index is 0.0551. The Morgan fingerprint density at radius 1 is 1.42 bits per heavy atom. The molecule has 2 rings (SSSR count). The van der Waals surface area contributed by atoms with Crippen LogP contribution in [0.1, 0.15) is 10.6 Å². The first kappa shape index (κ1) is 13.6. The molecule has 1 atom stereocenters. The first-order valence-electron chi connectivity index (χ1n) is 5.36. The quantitative estimate of drug-likeness (QED) is 0.787. The van der Waals surface area contributed by atoms with Crippen LogP contribution in [0.15, 0.2) is 33.2 Å². The number of amides is 1. The molecule has 0 aliphatic heterocycles. The third kappa shape index (κ3) is 2.94. The van der Waals surface area contributed by atoms with Crippen molar-refractivity contribution in [3.63, 3.8) is 0 Å². The summed E-state index contributed by atoms with van der Waals surface area (Å²) in [5.74, 6) is -1.92. The van der Waals surface area contributed by atoms with Crippen LogP contribution < -0.4 is 5.32 Å². The van der Waals surface area contributed by atoms with Gasteiger partial charge >= 0.3 is 5.97 Å². The van der Waals surface area contributed by atoms with Crippen LogP contribution in [0.4, 0.5) is 0 Å². The largest absolute Gasteiger partial charge is 0.479 e. The van der Waals surface area contributed by atoms with Crippen molar-refractivity contribution in [1.29, 1.82) is 0 Å². The lowest BCUT2D eigenvalue weighted by atomic mass is 10.2. The molecular weight excluding hydrogens is 318 g/mol. The Balaban J connectivity index is 2.14. The predicted molar refractivity (Wildman–Crippen MR) is 69.9 cm³/mol. The summed E-state index contributed by atoms with van der Waals surface area (Å²) in [6.07, 6.45) is -1.64. The van der Waals surface area contributed by atoms with E-state index in [1.165, 1.54) is 0 Å². The number of fused-ring (bicyclic) bond motifs is 1. The Hall–Kier alpha value is -1.86.